The molecule has 1 aromatic heterocycles. The van der Waals surface area contributed by atoms with Gasteiger partial charge in [-0.3, -0.25) is 4.79 Å². The summed E-state index contributed by atoms with van der Waals surface area (Å²) < 4.78 is 0. The molecule has 0 saturated carbocycles. The molecule has 2 heterocycles. The number of likely N-dealkylation sites (tertiary alicyclic amines) is 1. The number of urea groups is 1. The summed E-state index contributed by atoms with van der Waals surface area (Å²) in [5.74, 6) is -0.108. The highest BCUT2D eigenvalue weighted by molar-refractivity contribution is 7.15. The molecule has 8 heteroatoms. The van der Waals surface area contributed by atoms with Crippen molar-refractivity contribution >= 4 is 40.0 Å². The monoisotopic (exact) mass is 448 g/mol. The van der Waals surface area contributed by atoms with Crippen LogP contribution in [0.25, 0.3) is 0 Å². The molecule has 0 unspecified atom stereocenters. The van der Waals surface area contributed by atoms with Crippen molar-refractivity contribution in [2.45, 2.75) is 40.0 Å². The predicted octanol–water partition coefficient (Wildman–Crippen LogP) is 4.81. The second-order valence-corrected chi connectivity index (χ2v) is 9.06. The fraction of sp³-hybridized carbons (Fsp3) is 0.500. The third kappa shape index (κ3) is 5.32. The fourth-order valence-electron chi connectivity index (χ4n) is 3.71. The maximum atomic E-state index is 12.7. The molecule has 1 aliphatic heterocycles. The Balaban J connectivity index is 1.52. The van der Waals surface area contributed by atoms with Crippen LogP contribution >= 0.6 is 22.9 Å². The number of rotatable bonds is 6. The number of nitrogens with one attached hydrogen (secondary N) is 1. The Morgan fingerprint density at radius 1 is 1.27 bits per heavy atom. The number of piperidine rings is 1. The second kappa shape index (κ2) is 10.3. The molecule has 3 amide bonds. The molecule has 30 heavy (non-hydrogen) atoms. The highest BCUT2D eigenvalue weighted by Gasteiger charge is 2.29. The SMILES string of the molecule is CCN(CC)C(=O)N1CCC(C(=O)Nc2ncc(Cc3cccc(C)c3Cl)s2)CC1. The first-order valence-corrected chi connectivity index (χ1v) is 11.7. The molecule has 1 saturated heterocycles. The Hall–Kier alpha value is -2.12. The number of thiazole rings is 1. The molecule has 162 valence electrons. The molecule has 0 atom stereocenters. The summed E-state index contributed by atoms with van der Waals surface area (Å²) in [6.07, 6.45) is 3.84. The number of hydrogen-bond donors (Lipinski definition) is 1. The van der Waals surface area contributed by atoms with Crippen LogP contribution in [0.5, 0.6) is 0 Å². The van der Waals surface area contributed by atoms with E-state index < -0.39 is 0 Å². The number of nitrogens with zero attached hydrogens (tertiary/aromatic N) is 3. The summed E-state index contributed by atoms with van der Waals surface area (Å²) in [6, 6.07) is 6.07. The van der Waals surface area contributed by atoms with E-state index in [1.807, 2.05) is 48.8 Å². The Morgan fingerprint density at radius 3 is 2.63 bits per heavy atom. The molecule has 0 aliphatic carbocycles. The maximum Gasteiger partial charge on any atom is 0.319 e. The standard InChI is InChI=1S/C22H29ClN4O2S/c1-4-26(5-2)22(29)27-11-9-16(10-12-27)20(28)25-21-24-14-18(30-21)13-17-8-6-7-15(3)19(17)23/h6-8,14,16H,4-5,9-13H2,1-3H3,(H,24,25,28). The molecule has 6 nitrogen and oxygen atoms in total. The summed E-state index contributed by atoms with van der Waals surface area (Å²) >= 11 is 7.87. The number of halogens is 1. The minimum atomic E-state index is -0.0932. The first-order chi connectivity index (χ1) is 14.4. The van der Waals surface area contributed by atoms with Crippen LogP contribution in [0.2, 0.25) is 5.02 Å². The van der Waals surface area contributed by atoms with Gasteiger partial charge in [0, 0.05) is 54.6 Å². The zero-order chi connectivity index (χ0) is 21.7. The topological polar surface area (TPSA) is 65.5 Å². The van der Waals surface area contributed by atoms with Gasteiger partial charge in [-0.05, 0) is 44.7 Å². The lowest BCUT2D eigenvalue weighted by atomic mass is 9.96. The third-order valence-corrected chi connectivity index (χ3v) is 7.04. The average Bonchev–Trinajstić information content (AvgIpc) is 3.19. The van der Waals surface area contributed by atoms with Crippen LogP contribution in [0.4, 0.5) is 9.93 Å². The number of aromatic nitrogens is 1. The molecule has 0 radical (unpaired) electrons. The number of amides is 3. The van der Waals surface area contributed by atoms with Crippen LogP contribution in [0.15, 0.2) is 24.4 Å². The van der Waals surface area contributed by atoms with E-state index in [0.717, 1.165) is 21.0 Å². The third-order valence-electron chi connectivity index (χ3n) is 5.59. The minimum absolute atomic E-state index is 0.0144. The summed E-state index contributed by atoms with van der Waals surface area (Å²) in [5, 5.41) is 4.35. The maximum absolute atomic E-state index is 12.7. The van der Waals surface area contributed by atoms with Crippen LogP contribution in [0.1, 0.15) is 42.7 Å². The van der Waals surface area contributed by atoms with Crippen molar-refractivity contribution in [1.29, 1.82) is 0 Å². The molecule has 1 fully saturated rings. The van der Waals surface area contributed by atoms with Gasteiger partial charge in [0.05, 0.1) is 0 Å². The number of carbonyl (C=O) groups is 2. The molecule has 0 bridgehead atoms. The Kier molecular flexibility index (Phi) is 7.72. The van der Waals surface area contributed by atoms with Crippen molar-refractivity contribution in [2.75, 3.05) is 31.5 Å². The second-order valence-electron chi connectivity index (χ2n) is 7.56. The van der Waals surface area contributed by atoms with E-state index in [0.29, 0.717) is 50.6 Å². The van der Waals surface area contributed by atoms with Crippen molar-refractivity contribution in [2.24, 2.45) is 5.92 Å². The normalized spacial score (nSPS) is 14.6. The van der Waals surface area contributed by atoms with Gasteiger partial charge in [-0.1, -0.05) is 29.8 Å². The number of aryl methyl sites for hydroxylation is 1. The Labute approximate surface area is 187 Å². The highest BCUT2D eigenvalue weighted by Crippen LogP contribution is 2.27. The molecule has 1 aromatic carbocycles. The first kappa shape index (κ1) is 22.6. The van der Waals surface area contributed by atoms with Crippen molar-refractivity contribution < 1.29 is 9.59 Å². The van der Waals surface area contributed by atoms with Crippen LogP contribution in [0, 0.1) is 12.8 Å². The Morgan fingerprint density at radius 2 is 1.97 bits per heavy atom. The van der Waals surface area contributed by atoms with E-state index in [9.17, 15) is 9.59 Å². The van der Waals surface area contributed by atoms with E-state index in [2.05, 4.69) is 10.3 Å². The van der Waals surface area contributed by atoms with Crippen LogP contribution in [-0.4, -0.2) is 52.9 Å². The first-order valence-electron chi connectivity index (χ1n) is 10.5. The zero-order valence-corrected chi connectivity index (χ0v) is 19.4. The lowest BCUT2D eigenvalue weighted by Crippen LogP contribution is -2.47. The smallest absolute Gasteiger partial charge is 0.319 e. The zero-order valence-electron chi connectivity index (χ0n) is 17.8. The van der Waals surface area contributed by atoms with Crippen LogP contribution in [0.3, 0.4) is 0 Å². The highest BCUT2D eigenvalue weighted by atomic mass is 35.5. The van der Waals surface area contributed by atoms with Gasteiger partial charge in [-0.15, -0.1) is 11.3 Å². The number of anilines is 1. The number of carbonyl (C=O) groups excluding carboxylic acids is 2. The van der Waals surface area contributed by atoms with Gasteiger partial charge in [0.2, 0.25) is 5.91 Å². The van der Waals surface area contributed by atoms with Gasteiger partial charge >= 0.3 is 6.03 Å². The van der Waals surface area contributed by atoms with Gasteiger partial charge in [-0.25, -0.2) is 9.78 Å². The summed E-state index contributed by atoms with van der Waals surface area (Å²) in [5.41, 5.74) is 2.11. The minimum Gasteiger partial charge on any atom is -0.325 e. The fourth-order valence-corrected chi connectivity index (χ4v) is 4.75. The predicted molar refractivity (Wildman–Crippen MR) is 122 cm³/mol. The summed E-state index contributed by atoms with van der Waals surface area (Å²) in [4.78, 5) is 34.2. The number of benzene rings is 1. The summed E-state index contributed by atoms with van der Waals surface area (Å²) in [7, 11) is 0. The van der Waals surface area contributed by atoms with E-state index in [1.54, 1.807) is 6.20 Å². The molecule has 1 N–H and O–H groups in total. The van der Waals surface area contributed by atoms with Crippen molar-refractivity contribution in [3.8, 4) is 0 Å². The van der Waals surface area contributed by atoms with Gasteiger partial charge in [0.25, 0.3) is 0 Å². The average molecular weight is 449 g/mol. The quantitative estimate of drug-likeness (QED) is 0.689. The molecule has 2 aromatic rings. The van der Waals surface area contributed by atoms with Crippen molar-refractivity contribution in [1.82, 2.24) is 14.8 Å². The molecule has 0 spiro atoms. The van der Waals surface area contributed by atoms with Crippen molar-refractivity contribution in [3.63, 3.8) is 0 Å². The number of hydrogen-bond acceptors (Lipinski definition) is 4. The van der Waals surface area contributed by atoms with Gasteiger partial charge in [0.15, 0.2) is 5.13 Å². The van der Waals surface area contributed by atoms with Gasteiger partial charge in [0.1, 0.15) is 0 Å². The van der Waals surface area contributed by atoms with E-state index in [-0.39, 0.29) is 17.9 Å². The molecule has 1 aliphatic rings. The van der Waals surface area contributed by atoms with Crippen LogP contribution < -0.4 is 5.32 Å². The van der Waals surface area contributed by atoms with E-state index >= 15 is 0 Å². The molecule has 3 rings (SSSR count). The lowest BCUT2D eigenvalue weighted by molar-refractivity contribution is -0.121. The molecular weight excluding hydrogens is 420 g/mol. The van der Waals surface area contributed by atoms with Gasteiger partial charge < -0.3 is 15.1 Å². The largest absolute Gasteiger partial charge is 0.325 e. The van der Waals surface area contributed by atoms with E-state index in [4.69, 9.17) is 11.6 Å². The Bertz CT molecular complexity index is 889. The van der Waals surface area contributed by atoms with E-state index in [1.165, 1.54) is 11.3 Å². The van der Waals surface area contributed by atoms with Crippen LogP contribution in [-0.2, 0) is 11.2 Å². The molecular formula is C22H29ClN4O2S. The van der Waals surface area contributed by atoms with Gasteiger partial charge in [-0.2, -0.15) is 0 Å². The summed E-state index contributed by atoms with van der Waals surface area (Å²) in [6.45, 7) is 8.59. The lowest BCUT2D eigenvalue weighted by Gasteiger charge is -2.34. The van der Waals surface area contributed by atoms with Crippen molar-refractivity contribution in [3.05, 3.63) is 45.4 Å².